The Labute approximate surface area is 213 Å². The first-order valence-electron chi connectivity index (χ1n) is 12.1. The van der Waals surface area contributed by atoms with Gasteiger partial charge in [0.25, 0.3) is 5.97 Å². The third kappa shape index (κ3) is 15.4. The highest BCUT2D eigenvalue weighted by molar-refractivity contribution is 6.57. The molecule has 0 amide bonds. The van der Waals surface area contributed by atoms with Gasteiger partial charge in [-0.2, -0.15) is 0 Å². The van der Waals surface area contributed by atoms with E-state index in [-0.39, 0.29) is 11.2 Å². The summed E-state index contributed by atoms with van der Waals surface area (Å²) in [5, 5.41) is 9.43. The van der Waals surface area contributed by atoms with Crippen molar-refractivity contribution in [2.24, 2.45) is 0 Å². The van der Waals surface area contributed by atoms with Gasteiger partial charge in [0, 0.05) is 38.7 Å². The molecule has 0 heterocycles. The number of rotatable bonds is 17. The van der Waals surface area contributed by atoms with Gasteiger partial charge in [-0.05, 0) is 64.3 Å². The Balaban J connectivity index is 0.000000669. The molecule has 0 aliphatic carbocycles. The summed E-state index contributed by atoms with van der Waals surface area (Å²) >= 11 is 0. The van der Waals surface area contributed by atoms with E-state index in [0.717, 1.165) is 37.7 Å². The van der Waals surface area contributed by atoms with Gasteiger partial charge in [-0.3, -0.25) is 0 Å². The van der Waals surface area contributed by atoms with Crippen molar-refractivity contribution in [3.8, 4) is 11.5 Å². The van der Waals surface area contributed by atoms with Crippen LogP contribution in [0, 0.1) is 0 Å². The predicted octanol–water partition coefficient (Wildman–Crippen LogP) is 4.76. The van der Waals surface area contributed by atoms with Gasteiger partial charge >= 0.3 is 5.97 Å². The van der Waals surface area contributed by atoms with Crippen molar-refractivity contribution in [3.63, 3.8) is 0 Å². The number of phenolic OH excluding ortho intramolecular Hbond substituents is 1. The van der Waals surface area contributed by atoms with E-state index in [0.29, 0.717) is 38.6 Å². The van der Waals surface area contributed by atoms with Gasteiger partial charge in [0.05, 0.1) is 13.7 Å². The van der Waals surface area contributed by atoms with Crippen molar-refractivity contribution in [2.75, 3.05) is 33.5 Å². The van der Waals surface area contributed by atoms with Gasteiger partial charge in [0.2, 0.25) is 0 Å². The third-order valence-electron chi connectivity index (χ3n) is 4.63. The largest absolute Gasteiger partial charge is 0.504 e. The summed E-state index contributed by atoms with van der Waals surface area (Å²) in [5.74, 6) is -0.847. The number of esters is 1. The SMILES string of the molecule is CCOC(=O)/C=C/c1ccc(O)c(OC)c1.CCOC(CCCCCCC(=O)[Si])(OCC)OCC. The van der Waals surface area contributed by atoms with E-state index < -0.39 is 11.9 Å². The molecule has 0 aromatic heterocycles. The fourth-order valence-corrected chi connectivity index (χ4v) is 3.31. The number of methoxy groups -OCH3 is 1. The standard InChI is InChI=1S/C14H27O4Si.C12H14O4/c1-4-16-14(17-5-2,18-6-3)12-10-8-7-9-11-13(15)19;1-3-16-12(14)7-5-9-4-6-10(13)11(8-9)15-2/h4-12H2,1-3H3;4-8,13H,3H2,1-2H3/b;7-5+. The van der Waals surface area contributed by atoms with E-state index in [1.54, 1.807) is 25.1 Å². The maximum atomic E-state index is 11.0. The number of hydrogen-bond donors (Lipinski definition) is 1. The van der Waals surface area contributed by atoms with Crippen LogP contribution < -0.4 is 4.74 Å². The van der Waals surface area contributed by atoms with Crippen molar-refractivity contribution in [1.82, 2.24) is 0 Å². The van der Waals surface area contributed by atoms with Crippen molar-refractivity contribution in [1.29, 1.82) is 0 Å². The maximum Gasteiger partial charge on any atom is 0.330 e. The van der Waals surface area contributed by atoms with Crippen molar-refractivity contribution >= 4 is 27.7 Å². The minimum atomic E-state index is -0.886. The summed E-state index contributed by atoms with van der Waals surface area (Å²) in [6.45, 7) is 9.61. The van der Waals surface area contributed by atoms with Gasteiger partial charge in [-0.25, -0.2) is 4.79 Å². The molecule has 0 spiro atoms. The van der Waals surface area contributed by atoms with Crippen LogP contribution in [0.5, 0.6) is 11.5 Å². The topological polar surface area (TPSA) is 101 Å². The van der Waals surface area contributed by atoms with Crippen LogP contribution in [0.15, 0.2) is 24.3 Å². The van der Waals surface area contributed by atoms with E-state index in [2.05, 4.69) is 10.2 Å². The van der Waals surface area contributed by atoms with Gasteiger partial charge in [0.15, 0.2) is 11.5 Å². The molecule has 0 aliphatic heterocycles. The van der Waals surface area contributed by atoms with Crippen molar-refractivity contribution < 1.29 is 38.4 Å². The normalized spacial score (nSPS) is 11.1. The molecular weight excluding hydrogens is 468 g/mol. The lowest BCUT2D eigenvalue weighted by Gasteiger charge is -2.32. The molecule has 0 bridgehead atoms. The Hall–Kier alpha value is -2.20. The number of carbonyl (C=O) groups is 2. The highest BCUT2D eigenvalue weighted by atomic mass is 28.1. The molecule has 1 rings (SSSR count). The monoisotopic (exact) mass is 509 g/mol. The summed E-state index contributed by atoms with van der Waals surface area (Å²) < 4.78 is 26.6. The first-order valence-corrected chi connectivity index (χ1v) is 12.6. The number of aromatic hydroxyl groups is 1. The van der Waals surface area contributed by atoms with E-state index in [1.165, 1.54) is 19.3 Å². The fourth-order valence-electron chi connectivity index (χ4n) is 3.13. The van der Waals surface area contributed by atoms with Crippen LogP contribution in [-0.2, 0) is 28.5 Å². The summed E-state index contributed by atoms with van der Waals surface area (Å²) in [6, 6.07) is 4.81. The number of ether oxygens (including phenoxy) is 5. The maximum absolute atomic E-state index is 11.0. The molecule has 197 valence electrons. The second-order valence-corrected chi connectivity index (χ2v) is 7.89. The first-order chi connectivity index (χ1) is 16.8. The molecule has 1 aromatic rings. The lowest BCUT2D eigenvalue weighted by Crippen LogP contribution is -2.39. The Morgan fingerprint density at radius 2 is 1.54 bits per heavy atom. The number of phenols is 1. The third-order valence-corrected chi connectivity index (χ3v) is 4.88. The Bertz CT molecular complexity index is 734. The quantitative estimate of drug-likeness (QED) is 0.105. The first kappa shape index (κ1) is 32.8. The van der Waals surface area contributed by atoms with Crippen LogP contribution >= 0.6 is 0 Å². The van der Waals surface area contributed by atoms with Crippen LogP contribution in [0.25, 0.3) is 6.08 Å². The predicted molar refractivity (Wildman–Crippen MR) is 136 cm³/mol. The molecule has 0 saturated heterocycles. The van der Waals surface area contributed by atoms with Crippen LogP contribution in [0.1, 0.15) is 71.8 Å². The van der Waals surface area contributed by atoms with Crippen molar-refractivity contribution in [3.05, 3.63) is 29.8 Å². The summed E-state index contributed by atoms with van der Waals surface area (Å²) in [6.07, 6.45) is 8.23. The Morgan fingerprint density at radius 1 is 0.943 bits per heavy atom. The van der Waals surface area contributed by atoms with Crippen molar-refractivity contribution in [2.45, 2.75) is 72.2 Å². The number of benzene rings is 1. The van der Waals surface area contributed by atoms with Crippen LogP contribution in [-0.4, -0.2) is 66.2 Å². The molecule has 0 atom stereocenters. The van der Waals surface area contributed by atoms with E-state index in [9.17, 15) is 14.7 Å². The zero-order chi connectivity index (χ0) is 26.5. The smallest absolute Gasteiger partial charge is 0.330 e. The van der Waals surface area contributed by atoms with E-state index in [4.69, 9.17) is 23.7 Å². The second-order valence-electron chi connectivity index (χ2n) is 7.34. The Kier molecular flexibility index (Phi) is 18.8. The van der Waals surface area contributed by atoms with Gasteiger partial charge in [0.1, 0.15) is 15.6 Å². The minimum Gasteiger partial charge on any atom is -0.504 e. The lowest BCUT2D eigenvalue weighted by atomic mass is 10.1. The zero-order valence-electron chi connectivity index (χ0n) is 21.8. The highest BCUT2D eigenvalue weighted by Crippen LogP contribution is 2.27. The molecule has 1 N–H and O–H groups in total. The number of hydrogen-bond acceptors (Lipinski definition) is 8. The van der Waals surface area contributed by atoms with E-state index >= 15 is 0 Å². The summed E-state index contributed by atoms with van der Waals surface area (Å²) in [4.78, 5) is 21.8. The molecule has 8 nitrogen and oxygen atoms in total. The van der Waals surface area contributed by atoms with Gasteiger partial charge in [-0.1, -0.05) is 18.9 Å². The Morgan fingerprint density at radius 3 is 2.06 bits per heavy atom. The number of carbonyl (C=O) groups excluding carboxylic acids is 2. The zero-order valence-corrected chi connectivity index (χ0v) is 22.8. The van der Waals surface area contributed by atoms with E-state index in [1.807, 2.05) is 20.8 Å². The van der Waals surface area contributed by atoms with Crippen LogP contribution in [0.2, 0.25) is 0 Å². The summed E-state index contributed by atoms with van der Waals surface area (Å²) in [7, 11) is 4.45. The molecule has 3 radical (unpaired) electrons. The molecule has 9 heteroatoms. The fraction of sp³-hybridized carbons (Fsp3) is 0.615. The summed E-state index contributed by atoms with van der Waals surface area (Å²) in [5.41, 5.74) is 0.753. The average molecular weight is 510 g/mol. The number of unbranched alkanes of at least 4 members (excludes halogenated alkanes) is 3. The minimum absolute atomic E-state index is 0.0655. The average Bonchev–Trinajstić information content (AvgIpc) is 2.82. The van der Waals surface area contributed by atoms with Crippen LogP contribution in [0.4, 0.5) is 0 Å². The molecular formula is C26H41O8Si. The second kappa shape index (κ2) is 20.0. The van der Waals surface area contributed by atoms with Crippen LogP contribution in [0.3, 0.4) is 0 Å². The molecule has 1 aromatic carbocycles. The molecule has 35 heavy (non-hydrogen) atoms. The molecule has 0 fully saturated rings. The molecule has 0 aliphatic rings. The highest BCUT2D eigenvalue weighted by Gasteiger charge is 2.31. The lowest BCUT2D eigenvalue weighted by molar-refractivity contribution is -0.380. The van der Waals surface area contributed by atoms with Gasteiger partial charge in [-0.15, -0.1) is 0 Å². The molecule has 0 saturated carbocycles. The van der Waals surface area contributed by atoms with Gasteiger partial charge < -0.3 is 33.6 Å². The molecule has 0 unspecified atom stereocenters.